The molecule has 1 aliphatic carbocycles. The zero-order chi connectivity index (χ0) is 14.7. The fourth-order valence-electron chi connectivity index (χ4n) is 2.23. The Balaban J connectivity index is 2.17. The molecular weight excluding hydrogens is 272 g/mol. The first-order valence-electron chi connectivity index (χ1n) is 7.25. The number of Topliss-reactive ketones (excluding diaryl/α,β-unsaturated/α-hetero) is 1. The zero-order valence-electron chi connectivity index (χ0n) is 12.5. The van der Waals surface area contributed by atoms with Crippen molar-refractivity contribution in [2.24, 2.45) is 5.92 Å². The standard InChI is InChI=1S/C15H24N2O2S/c1-9(2)13(18)14-12(16)11(10-5-6-10)15(20-14)17-7-4-8-19-3/h9-10,17H,4-8,16H2,1-3H3. The minimum Gasteiger partial charge on any atom is -0.397 e. The molecule has 3 N–H and O–H groups in total. The highest BCUT2D eigenvalue weighted by Gasteiger charge is 2.33. The number of methoxy groups -OCH3 is 1. The van der Waals surface area contributed by atoms with E-state index in [1.807, 2.05) is 13.8 Å². The maximum atomic E-state index is 12.2. The lowest BCUT2D eigenvalue weighted by Crippen LogP contribution is -2.08. The Morgan fingerprint density at radius 1 is 1.50 bits per heavy atom. The Morgan fingerprint density at radius 3 is 2.75 bits per heavy atom. The Morgan fingerprint density at radius 2 is 2.20 bits per heavy atom. The molecule has 112 valence electrons. The van der Waals surface area contributed by atoms with Crippen molar-refractivity contribution in [2.75, 3.05) is 31.3 Å². The summed E-state index contributed by atoms with van der Waals surface area (Å²) in [5.74, 6) is 0.688. The van der Waals surface area contributed by atoms with Crippen molar-refractivity contribution in [3.05, 3.63) is 10.4 Å². The van der Waals surface area contributed by atoms with Crippen LogP contribution in [-0.4, -0.2) is 26.0 Å². The summed E-state index contributed by atoms with van der Waals surface area (Å²) in [4.78, 5) is 13.0. The number of nitrogens with one attached hydrogen (secondary N) is 1. The normalized spacial score (nSPS) is 14.8. The van der Waals surface area contributed by atoms with Crippen LogP contribution in [0.15, 0.2) is 0 Å². The minimum absolute atomic E-state index is 0.00987. The summed E-state index contributed by atoms with van der Waals surface area (Å²) in [5.41, 5.74) is 8.13. The van der Waals surface area contributed by atoms with E-state index in [1.54, 1.807) is 7.11 Å². The van der Waals surface area contributed by atoms with Crippen LogP contribution < -0.4 is 11.1 Å². The topological polar surface area (TPSA) is 64.3 Å². The summed E-state index contributed by atoms with van der Waals surface area (Å²) >= 11 is 1.52. The number of carbonyl (C=O) groups excluding carboxylic acids is 1. The van der Waals surface area contributed by atoms with Crippen molar-refractivity contribution in [3.63, 3.8) is 0 Å². The van der Waals surface area contributed by atoms with Gasteiger partial charge in [0.05, 0.1) is 15.6 Å². The highest BCUT2D eigenvalue weighted by molar-refractivity contribution is 7.18. The number of hydrogen-bond acceptors (Lipinski definition) is 5. The third-order valence-electron chi connectivity index (χ3n) is 3.53. The minimum atomic E-state index is -0.00987. The van der Waals surface area contributed by atoms with Gasteiger partial charge >= 0.3 is 0 Å². The van der Waals surface area contributed by atoms with Crippen LogP contribution in [0.3, 0.4) is 0 Å². The van der Waals surface area contributed by atoms with E-state index in [-0.39, 0.29) is 11.7 Å². The Bertz CT molecular complexity index is 478. The molecule has 0 radical (unpaired) electrons. The van der Waals surface area contributed by atoms with Gasteiger partial charge in [-0.15, -0.1) is 11.3 Å². The molecule has 2 rings (SSSR count). The van der Waals surface area contributed by atoms with Gasteiger partial charge in [-0.2, -0.15) is 0 Å². The van der Waals surface area contributed by atoms with Gasteiger partial charge in [-0.1, -0.05) is 13.8 Å². The lowest BCUT2D eigenvalue weighted by atomic mass is 10.0. The Hall–Kier alpha value is -1.07. The van der Waals surface area contributed by atoms with Gasteiger partial charge < -0.3 is 15.8 Å². The average molecular weight is 296 g/mol. The first-order valence-corrected chi connectivity index (χ1v) is 8.07. The van der Waals surface area contributed by atoms with Gasteiger partial charge in [-0.25, -0.2) is 0 Å². The second-order valence-corrected chi connectivity index (χ2v) is 6.67. The molecule has 4 nitrogen and oxygen atoms in total. The summed E-state index contributed by atoms with van der Waals surface area (Å²) in [6.45, 7) is 5.43. The molecular formula is C15H24N2O2S. The van der Waals surface area contributed by atoms with Crippen molar-refractivity contribution < 1.29 is 9.53 Å². The highest BCUT2D eigenvalue weighted by Crippen LogP contribution is 2.51. The van der Waals surface area contributed by atoms with E-state index < -0.39 is 0 Å². The lowest BCUT2D eigenvalue weighted by molar-refractivity contribution is 0.0944. The average Bonchev–Trinajstić information content (AvgIpc) is 3.19. The molecule has 0 aromatic carbocycles. The maximum absolute atomic E-state index is 12.2. The molecule has 1 heterocycles. The number of thiophene rings is 1. The summed E-state index contributed by atoms with van der Waals surface area (Å²) in [7, 11) is 1.71. The van der Waals surface area contributed by atoms with Crippen LogP contribution in [0, 0.1) is 5.92 Å². The Labute approximate surface area is 124 Å². The van der Waals surface area contributed by atoms with Gasteiger partial charge in [0.25, 0.3) is 0 Å². The molecule has 1 aromatic heterocycles. The molecule has 0 unspecified atom stereocenters. The molecule has 0 spiro atoms. The van der Waals surface area contributed by atoms with E-state index in [9.17, 15) is 4.79 Å². The number of ketones is 1. The smallest absolute Gasteiger partial charge is 0.177 e. The predicted molar refractivity (Wildman–Crippen MR) is 84.9 cm³/mol. The summed E-state index contributed by atoms with van der Waals surface area (Å²) < 4.78 is 5.05. The fraction of sp³-hybridized carbons (Fsp3) is 0.667. The largest absolute Gasteiger partial charge is 0.397 e. The number of hydrogen-bond donors (Lipinski definition) is 2. The summed E-state index contributed by atoms with van der Waals surface area (Å²) in [6, 6.07) is 0. The lowest BCUT2D eigenvalue weighted by Gasteiger charge is -2.06. The predicted octanol–water partition coefficient (Wildman–Crippen LogP) is 3.49. The number of nitrogens with two attached hydrogens (primary N) is 1. The van der Waals surface area contributed by atoms with E-state index in [1.165, 1.54) is 29.7 Å². The van der Waals surface area contributed by atoms with Crippen molar-refractivity contribution in [1.29, 1.82) is 0 Å². The third kappa shape index (κ3) is 3.33. The van der Waals surface area contributed by atoms with Crippen molar-refractivity contribution in [1.82, 2.24) is 0 Å². The van der Waals surface area contributed by atoms with Gasteiger partial charge in [-0.3, -0.25) is 4.79 Å². The first-order chi connectivity index (χ1) is 9.56. The molecule has 1 aliphatic rings. The second-order valence-electron chi connectivity index (χ2n) is 5.65. The number of ether oxygens (including phenoxy) is 1. The summed E-state index contributed by atoms with van der Waals surface area (Å²) in [6.07, 6.45) is 3.32. The fourth-order valence-corrected chi connectivity index (χ4v) is 3.55. The number of anilines is 2. The van der Waals surface area contributed by atoms with Gasteiger partial charge in [0.2, 0.25) is 0 Å². The van der Waals surface area contributed by atoms with Crippen LogP contribution in [0.2, 0.25) is 0 Å². The van der Waals surface area contributed by atoms with Crippen molar-refractivity contribution in [2.45, 2.75) is 39.0 Å². The molecule has 0 bridgehead atoms. The molecule has 1 aromatic rings. The van der Waals surface area contributed by atoms with E-state index in [0.29, 0.717) is 11.6 Å². The van der Waals surface area contributed by atoms with Crippen LogP contribution >= 0.6 is 11.3 Å². The van der Waals surface area contributed by atoms with Crippen LogP contribution in [-0.2, 0) is 4.74 Å². The SMILES string of the molecule is COCCCNc1sc(C(=O)C(C)C)c(N)c1C1CC1. The van der Waals surface area contributed by atoms with E-state index >= 15 is 0 Å². The van der Waals surface area contributed by atoms with Crippen LogP contribution in [0.1, 0.15) is 54.3 Å². The summed E-state index contributed by atoms with van der Waals surface area (Å²) in [5, 5.41) is 4.52. The molecule has 20 heavy (non-hydrogen) atoms. The highest BCUT2D eigenvalue weighted by atomic mass is 32.1. The quantitative estimate of drug-likeness (QED) is 0.569. The molecule has 0 atom stereocenters. The van der Waals surface area contributed by atoms with E-state index in [2.05, 4.69) is 5.32 Å². The molecule has 1 fully saturated rings. The van der Waals surface area contributed by atoms with Crippen LogP contribution in [0.25, 0.3) is 0 Å². The molecule has 1 saturated carbocycles. The Kier molecular flexibility index (Phi) is 5.05. The molecule has 0 amide bonds. The van der Waals surface area contributed by atoms with Crippen molar-refractivity contribution in [3.8, 4) is 0 Å². The van der Waals surface area contributed by atoms with Crippen LogP contribution in [0.4, 0.5) is 10.7 Å². The molecule has 0 saturated heterocycles. The number of nitrogen functional groups attached to an aromatic ring is 1. The van der Waals surface area contributed by atoms with Gasteiger partial charge in [0.15, 0.2) is 5.78 Å². The zero-order valence-corrected chi connectivity index (χ0v) is 13.3. The monoisotopic (exact) mass is 296 g/mol. The molecule has 0 aliphatic heterocycles. The van der Waals surface area contributed by atoms with Gasteiger partial charge in [-0.05, 0) is 25.2 Å². The van der Waals surface area contributed by atoms with Gasteiger partial charge in [0, 0.05) is 31.7 Å². The van der Waals surface area contributed by atoms with Gasteiger partial charge in [0.1, 0.15) is 0 Å². The number of carbonyl (C=O) groups is 1. The van der Waals surface area contributed by atoms with Crippen LogP contribution in [0.5, 0.6) is 0 Å². The first kappa shape index (κ1) is 15.3. The van der Waals surface area contributed by atoms with E-state index in [0.717, 1.165) is 29.5 Å². The third-order valence-corrected chi connectivity index (χ3v) is 4.72. The van der Waals surface area contributed by atoms with E-state index in [4.69, 9.17) is 10.5 Å². The second kappa shape index (κ2) is 6.59. The maximum Gasteiger partial charge on any atom is 0.177 e. The number of rotatable bonds is 8. The van der Waals surface area contributed by atoms with Crippen molar-refractivity contribution >= 4 is 27.8 Å². The molecule has 5 heteroatoms.